The van der Waals surface area contributed by atoms with Gasteiger partial charge in [0.25, 0.3) is 0 Å². The second-order valence-corrected chi connectivity index (χ2v) is 23.6. The summed E-state index contributed by atoms with van der Waals surface area (Å²) in [5.74, 6) is -2.16. The molecule has 60 heavy (non-hydrogen) atoms. The molecule has 350 valence electrons. The lowest BCUT2D eigenvalue weighted by Crippen LogP contribution is -2.52. The zero-order chi connectivity index (χ0) is 48.1. The van der Waals surface area contributed by atoms with Gasteiger partial charge in [-0.2, -0.15) is 0 Å². The minimum absolute atomic E-state index is 0. The molecule has 0 saturated heterocycles. The van der Waals surface area contributed by atoms with Crippen LogP contribution in [0.5, 0.6) is 0 Å². The van der Waals surface area contributed by atoms with Crippen LogP contribution in [0, 0.1) is 38.4 Å². The molecule has 1 aliphatic rings. The van der Waals surface area contributed by atoms with E-state index in [0.29, 0.717) is 13.2 Å². The smallest absolute Gasteiger partial charge is 0.319 e. The van der Waals surface area contributed by atoms with Gasteiger partial charge in [-0.05, 0) is 150 Å². The summed E-state index contributed by atoms with van der Waals surface area (Å²) in [5, 5.41) is 0. The summed E-state index contributed by atoms with van der Waals surface area (Å²) in [6, 6.07) is 0. The summed E-state index contributed by atoms with van der Waals surface area (Å²) >= 11 is 0. The molecule has 0 aromatic carbocycles. The molecular formula is C45H81FO13Si. The molecule has 0 radical (unpaired) electrons. The first-order chi connectivity index (χ1) is 26.1. The minimum Gasteiger partial charge on any atom is -0.546 e. The first-order valence-electron chi connectivity index (χ1n) is 20.2. The van der Waals surface area contributed by atoms with Crippen LogP contribution in [-0.4, -0.2) is 80.7 Å². The molecule has 1 rings (SSSR count). The van der Waals surface area contributed by atoms with Gasteiger partial charge in [0.05, 0.1) is 48.2 Å². The lowest BCUT2D eigenvalue weighted by atomic mass is 9.63. The quantitative estimate of drug-likeness (QED) is 0.0529. The maximum Gasteiger partial charge on any atom is 0.319 e. The normalized spacial score (nSPS) is 14.8. The van der Waals surface area contributed by atoms with Crippen molar-refractivity contribution >= 4 is 60.9 Å². The summed E-state index contributed by atoms with van der Waals surface area (Å²) in [5.41, 5.74) is -5.11. The predicted octanol–water partition coefficient (Wildman–Crippen LogP) is 8.83. The maximum atomic E-state index is 12.1. The number of ketones is 6. The third-order valence-corrected chi connectivity index (χ3v) is 10.6. The van der Waals surface area contributed by atoms with E-state index in [9.17, 15) is 43.2 Å². The largest absolute Gasteiger partial charge is 0.546 e. The second-order valence-electron chi connectivity index (χ2n) is 19.2. The predicted molar refractivity (Wildman–Crippen MR) is 235 cm³/mol. The van der Waals surface area contributed by atoms with Gasteiger partial charge >= 0.3 is 17.9 Å². The van der Waals surface area contributed by atoms with Crippen LogP contribution >= 0.6 is 0 Å². The molecule has 0 heterocycles. The van der Waals surface area contributed by atoms with Crippen molar-refractivity contribution in [1.29, 1.82) is 0 Å². The van der Waals surface area contributed by atoms with Crippen LogP contribution in [0.4, 0.5) is 4.70 Å². The number of halogens is 1. The molecule has 1 aliphatic carbocycles. The summed E-state index contributed by atoms with van der Waals surface area (Å²) in [4.78, 5) is 105. The number of hydrogen-bond donors (Lipinski definition) is 0. The fourth-order valence-corrected chi connectivity index (χ4v) is 6.74. The highest BCUT2D eigenvalue weighted by atomic mass is 28.4. The third kappa shape index (κ3) is 17.2. The van der Waals surface area contributed by atoms with Crippen LogP contribution < -0.4 is 0 Å². The lowest BCUT2D eigenvalue weighted by molar-refractivity contribution is -0.162. The van der Waals surface area contributed by atoms with E-state index in [-0.39, 0.29) is 60.0 Å². The zero-order valence-corrected chi connectivity index (χ0v) is 42.1. The Morgan fingerprint density at radius 2 is 0.933 bits per heavy atom. The average molecular weight is 879 g/mol. The van der Waals surface area contributed by atoms with E-state index in [1.54, 1.807) is 69.2 Å². The molecule has 1 fully saturated rings. The molecule has 15 heteroatoms. The Balaban J connectivity index is -0.000000227. The molecule has 0 atom stereocenters. The van der Waals surface area contributed by atoms with Crippen LogP contribution in [-0.2, 0) is 61.8 Å². The van der Waals surface area contributed by atoms with Gasteiger partial charge in [-0.15, -0.1) is 0 Å². The average Bonchev–Trinajstić information content (AvgIpc) is 3.09. The van der Waals surface area contributed by atoms with Gasteiger partial charge in [0.15, 0.2) is 28.9 Å². The Hall–Kier alpha value is -3.88. The van der Waals surface area contributed by atoms with Crippen LogP contribution in [0.2, 0.25) is 19.6 Å². The Morgan fingerprint density at radius 1 is 0.617 bits per heavy atom. The SMILES string of the molecule is CC1(C)C(=O)CC(=O)C(C)(C)C1=O.CCOC(=O)C(C)(C)C(=O)C(C)(C)C(C)=O.CCOC(=O)C(C)(C)C(=O)C(C)C.CCOC(=O)C(C)(C)C(O[Si](C)(C)C)=C(C)C.F.[3HH]. The van der Waals surface area contributed by atoms with Crippen molar-refractivity contribution in [2.24, 2.45) is 38.4 Å². The zero-order valence-electron chi connectivity index (χ0n) is 41.1. The minimum atomic E-state index is -1.73. The van der Waals surface area contributed by atoms with Crippen molar-refractivity contribution in [3.05, 3.63) is 11.3 Å². The number of esters is 3. The van der Waals surface area contributed by atoms with Crippen LogP contribution in [0.3, 0.4) is 0 Å². The standard InChI is InChI=1S/C13H26O3Si.C12H20O4.C10H14O3.C10H18O3.FH.H2/c1-9-15-12(14)13(4,5)11(10(2)3)16-17(6,7)8;1-7-16-10(15)12(5,6)9(14)11(3,4)8(2)13;1-9(2)6(11)5-7(12)10(3,4)8(9)13;1-6-13-9(12)10(4,5)8(11)7(2)3;;/h9H2,1-8H3;7H2,1-6H3;5H2,1-4H3;7H,6H2,1-5H3;2*1H/i;;;;;1+2. The number of ether oxygens (including phenoxy) is 3. The fraction of sp³-hybridized carbons (Fsp3) is 0.756. The Bertz CT molecular complexity index is 1580. The highest BCUT2D eigenvalue weighted by Crippen LogP contribution is 2.38. The monoisotopic (exact) mass is 879 g/mol. The van der Waals surface area contributed by atoms with E-state index in [4.69, 9.17) is 18.6 Å². The van der Waals surface area contributed by atoms with E-state index in [1.807, 2.05) is 34.6 Å². The summed E-state index contributed by atoms with van der Waals surface area (Å²) in [6.07, 6.45) is -0.105. The number of allylic oxidation sites excluding steroid dienone is 1. The Kier molecular flexibility index (Phi) is 25.0. The number of rotatable bonds is 14. The van der Waals surface area contributed by atoms with Crippen LogP contribution in [0.1, 0.15) is 146 Å². The van der Waals surface area contributed by atoms with E-state index >= 15 is 0 Å². The molecule has 0 N–H and O–H groups in total. The van der Waals surface area contributed by atoms with E-state index in [0.717, 1.165) is 11.3 Å². The Morgan fingerprint density at radius 3 is 1.20 bits per heavy atom. The topological polar surface area (TPSA) is 191 Å². The molecular weight excluding hydrogens is 796 g/mol. The van der Waals surface area contributed by atoms with E-state index in [2.05, 4.69) is 19.6 Å². The number of carbonyl (C=O) groups is 9. The summed E-state index contributed by atoms with van der Waals surface area (Å²) in [7, 11) is -1.73. The number of carbonyl (C=O) groups excluding carboxylic acids is 9. The summed E-state index contributed by atoms with van der Waals surface area (Å²) in [6.45, 7) is 40.6. The van der Waals surface area contributed by atoms with E-state index < -0.39 is 58.5 Å². The fourth-order valence-electron chi connectivity index (χ4n) is 5.67. The van der Waals surface area contributed by atoms with Gasteiger partial charge < -0.3 is 18.6 Å². The van der Waals surface area contributed by atoms with Gasteiger partial charge in [-0.1, -0.05) is 13.8 Å². The third-order valence-electron chi connectivity index (χ3n) is 9.79. The van der Waals surface area contributed by atoms with Gasteiger partial charge in [0.1, 0.15) is 22.0 Å². The highest BCUT2D eigenvalue weighted by Gasteiger charge is 2.53. The highest BCUT2D eigenvalue weighted by molar-refractivity contribution is 6.70. The van der Waals surface area contributed by atoms with Crippen molar-refractivity contribution < 1.29 is 67.9 Å². The molecule has 0 bridgehead atoms. The van der Waals surface area contributed by atoms with Gasteiger partial charge in [0, 0.05) is 7.34 Å². The molecule has 0 aliphatic heterocycles. The summed E-state index contributed by atoms with van der Waals surface area (Å²) < 4.78 is 20.8. The second kappa shape index (κ2) is 23.9. The van der Waals surface area contributed by atoms with Gasteiger partial charge in [-0.25, -0.2) is 0 Å². The van der Waals surface area contributed by atoms with Crippen molar-refractivity contribution in [1.82, 2.24) is 0 Å². The van der Waals surface area contributed by atoms with Crippen molar-refractivity contribution in [2.75, 3.05) is 19.8 Å². The first kappa shape index (κ1) is 62.8. The molecule has 0 aromatic heterocycles. The van der Waals surface area contributed by atoms with Gasteiger partial charge in [0.2, 0.25) is 8.32 Å². The van der Waals surface area contributed by atoms with Gasteiger partial charge in [-0.3, -0.25) is 47.9 Å². The number of Topliss-reactive ketones (excluding diaryl/α,β-unsaturated/α-hetero) is 6. The molecule has 0 aromatic rings. The maximum absolute atomic E-state index is 12.1. The van der Waals surface area contributed by atoms with Crippen LogP contribution in [0.25, 0.3) is 0 Å². The Labute approximate surface area is 362 Å². The van der Waals surface area contributed by atoms with Crippen LogP contribution in [0.15, 0.2) is 11.3 Å². The van der Waals surface area contributed by atoms with Crippen molar-refractivity contribution in [3.8, 4) is 0 Å². The number of hydrogen-bond acceptors (Lipinski definition) is 13. The van der Waals surface area contributed by atoms with E-state index in [1.165, 1.54) is 34.6 Å². The van der Waals surface area contributed by atoms with Crippen molar-refractivity contribution in [3.63, 3.8) is 0 Å². The van der Waals surface area contributed by atoms with Crippen molar-refractivity contribution in [2.45, 2.75) is 165 Å². The molecule has 13 nitrogen and oxygen atoms in total. The first-order valence-corrected chi connectivity index (χ1v) is 23.7. The molecule has 0 spiro atoms. The molecule has 1 saturated carbocycles. The molecule has 0 amide bonds. The lowest BCUT2D eigenvalue weighted by Gasteiger charge is -2.35. The molecule has 0 unspecified atom stereocenters.